The van der Waals surface area contributed by atoms with Crippen LogP contribution >= 0.6 is 0 Å². The first-order chi connectivity index (χ1) is 11.9. The minimum absolute atomic E-state index is 0.0415. The Morgan fingerprint density at radius 3 is 2.48 bits per heavy atom. The molecule has 0 atom stereocenters. The Kier molecular flexibility index (Phi) is 6.39. The summed E-state index contributed by atoms with van der Waals surface area (Å²) in [5, 5.41) is 8.33. The molecule has 0 spiro atoms. The number of nitrogen functional groups attached to an aromatic ring is 1. The van der Waals surface area contributed by atoms with Crippen molar-refractivity contribution in [2.24, 2.45) is 0 Å². The highest BCUT2D eigenvalue weighted by Crippen LogP contribution is 2.11. The van der Waals surface area contributed by atoms with E-state index in [4.69, 9.17) is 5.73 Å². The van der Waals surface area contributed by atoms with Crippen molar-refractivity contribution in [3.05, 3.63) is 59.7 Å². The third-order valence-corrected chi connectivity index (χ3v) is 3.48. The fourth-order valence-corrected chi connectivity index (χ4v) is 2.27. The van der Waals surface area contributed by atoms with Crippen LogP contribution in [0.4, 0.5) is 16.2 Å². The Balaban J connectivity index is 1.87. The number of rotatable bonds is 6. The lowest BCUT2D eigenvalue weighted by Gasteiger charge is -2.11. The average Bonchev–Trinajstić information content (AvgIpc) is 2.56. The Bertz CT molecular complexity index is 726. The van der Waals surface area contributed by atoms with Gasteiger partial charge in [0.1, 0.15) is 0 Å². The van der Waals surface area contributed by atoms with Crippen molar-refractivity contribution in [1.82, 2.24) is 10.6 Å². The summed E-state index contributed by atoms with van der Waals surface area (Å²) in [5.74, 6) is -0.177. The number of anilines is 2. The predicted molar refractivity (Wildman–Crippen MR) is 101 cm³/mol. The van der Waals surface area contributed by atoms with Crippen LogP contribution in [0.1, 0.15) is 29.8 Å². The normalized spacial score (nSPS) is 10.4. The molecule has 0 radical (unpaired) electrons. The van der Waals surface area contributed by atoms with E-state index in [2.05, 4.69) is 16.0 Å². The van der Waals surface area contributed by atoms with Crippen LogP contribution in [0.15, 0.2) is 48.5 Å². The zero-order chi connectivity index (χ0) is 18.2. The fraction of sp³-hybridized carbons (Fsp3) is 0.263. The molecule has 0 unspecified atom stereocenters. The van der Waals surface area contributed by atoms with E-state index in [9.17, 15) is 9.59 Å². The fourth-order valence-electron chi connectivity index (χ4n) is 2.27. The van der Waals surface area contributed by atoms with E-state index in [-0.39, 0.29) is 18.0 Å². The molecule has 0 heterocycles. The lowest BCUT2D eigenvalue weighted by atomic mass is 10.1. The zero-order valence-corrected chi connectivity index (χ0v) is 14.5. The van der Waals surface area contributed by atoms with Crippen LogP contribution in [0, 0.1) is 0 Å². The number of carbonyl (C=O) groups is 2. The van der Waals surface area contributed by atoms with Gasteiger partial charge in [0.25, 0.3) is 5.91 Å². The molecule has 0 aliphatic carbocycles. The van der Waals surface area contributed by atoms with Gasteiger partial charge in [-0.2, -0.15) is 0 Å². The Labute approximate surface area is 147 Å². The molecular formula is C19H24N4O2. The van der Waals surface area contributed by atoms with Gasteiger partial charge in [0, 0.05) is 29.5 Å². The first-order valence-electron chi connectivity index (χ1n) is 8.24. The van der Waals surface area contributed by atoms with Gasteiger partial charge in [-0.1, -0.05) is 18.2 Å². The molecule has 6 nitrogen and oxygen atoms in total. The van der Waals surface area contributed by atoms with E-state index in [1.54, 1.807) is 24.3 Å². The second-order valence-corrected chi connectivity index (χ2v) is 6.08. The van der Waals surface area contributed by atoms with Crippen molar-refractivity contribution >= 4 is 23.3 Å². The molecular weight excluding hydrogens is 316 g/mol. The van der Waals surface area contributed by atoms with Gasteiger partial charge in [0.05, 0.1) is 0 Å². The standard InChI is InChI=1S/C19H24N4O2/c1-13(2)22-19(25)23-17-5-3-4-15(12-17)18(24)21-11-10-14-6-8-16(20)9-7-14/h3-9,12-13H,10-11,20H2,1-2H3,(H,21,24)(H2,22,23,25). The number of carbonyl (C=O) groups excluding carboxylic acids is 2. The number of nitrogens with one attached hydrogen (secondary N) is 3. The molecule has 132 valence electrons. The van der Waals surface area contributed by atoms with Crippen molar-refractivity contribution in [1.29, 1.82) is 0 Å². The summed E-state index contributed by atoms with van der Waals surface area (Å²) in [7, 11) is 0. The van der Waals surface area contributed by atoms with Crippen LogP contribution in [0.5, 0.6) is 0 Å². The third kappa shape index (κ3) is 6.18. The van der Waals surface area contributed by atoms with Crippen LogP contribution in [0.3, 0.4) is 0 Å². The molecule has 6 heteroatoms. The molecule has 2 aromatic rings. The largest absolute Gasteiger partial charge is 0.399 e. The first-order valence-corrected chi connectivity index (χ1v) is 8.24. The predicted octanol–water partition coefficient (Wildman–Crippen LogP) is 2.77. The van der Waals surface area contributed by atoms with Crippen molar-refractivity contribution in [3.8, 4) is 0 Å². The highest BCUT2D eigenvalue weighted by Gasteiger charge is 2.08. The smallest absolute Gasteiger partial charge is 0.319 e. The molecule has 5 N–H and O–H groups in total. The van der Waals surface area contributed by atoms with E-state index in [0.29, 0.717) is 17.8 Å². The third-order valence-electron chi connectivity index (χ3n) is 3.48. The van der Waals surface area contributed by atoms with Crippen molar-refractivity contribution in [2.45, 2.75) is 26.3 Å². The maximum atomic E-state index is 12.2. The van der Waals surface area contributed by atoms with Gasteiger partial charge < -0.3 is 21.7 Å². The minimum Gasteiger partial charge on any atom is -0.399 e. The lowest BCUT2D eigenvalue weighted by molar-refractivity contribution is 0.0954. The van der Waals surface area contributed by atoms with E-state index in [0.717, 1.165) is 17.7 Å². The van der Waals surface area contributed by atoms with E-state index in [1.165, 1.54) is 0 Å². The quantitative estimate of drug-likeness (QED) is 0.609. The number of amides is 3. The Hall–Kier alpha value is -3.02. The second kappa shape index (κ2) is 8.73. The van der Waals surface area contributed by atoms with Crippen LogP contribution in [0.25, 0.3) is 0 Å². The molecule has 3 amide bonds. The number of urea groups is 1. The number of nitrogens with two attached hydrogens (primary N) is 1. The van der Waals surface area contributed by atoms with Crippen LogP contribution in [-0.4, -0.2) is 24.5 Å². The monoisotopic (exact) mass is 340 g/mol. The van der Waals surface area contributed by atoms with Gasteiger partial charge in [-0.25, -0.2) is 4.79 Å². The average molecular weight is 340 g/mol. The highest BCUT2D eigenvalue weighted by molar-refractivity contribution is 5.96. The summed E-state index contributed by atoms with van der Waals surface area (Å²) in [6.07, 6.45) is 0.723. The molecule has 0 fully saturated rings. The summed E-state index contributed by atoms with van der Waals surface area (Å²) in [5.41, 5.74) is 8.55. The minimum atomic E-state index is -0.295. The molecule has 0 aliphatic rings. The molecule has 2 rings (SSSR count). The maximum Gasteiger partial charge on any atom is 0.319 e. The van der Waals surface area contributed by atoms with Gasteiger partial charge in [0.15, 0.2) is 0 Å². The summed E-state index contributed by atoms with van der Waals surface area (Å²) in [4.78, 5) is 24.0. The van der Waals surface area contributed by atoms with Crippen molar-refractivity contribution < 1.29 is 9.59 Å². The van der Waals surface area contributed by atoms with Crippen molar-refractivity contribution in [3.63, 3.8) is 0 Å². The lowest BCUT2D eigenvalue weighted by Crippen LogP contribution is -2.34. The molecule has 25 heavy (non-hydrogen) atoms. The molecule has 0 aromatic heterocycles. The van der Waals surface area contributed by atoms with E-state index in [1.807, 2.05) is 38.1 Å². The van der Waals surface area contributed by atoms with Crippen LogP contribution in [0.2, 0.25) is 0 Å². The van der Waals surface area contributed by atoms with E-state index >= 15 is 0 Å². The topological polar surface area (TPSA) is 96.2 Å². The van der Waals surface area contributed by atoms with Gasteiger partial charge in [-0.3, -0.25) is 4.79 Å². The highest BCUT2D eigenvalue weighted by atomic mass is 16.2. The molecule has 2 aromatic carbocycles. The second-order valence-electron chi connectivity index (χ2n) is 6.08. The van der Waals surface area contributed by atoms with Crippen LogP contribution in [-0.2, 0) is 6.42 Å². The SMILES string of the molecule is CC(C)NC(=O)Nc1cccc(C(=O)NCCc2ccc(N)cc2)c1. The molecule has 0 saturated carbocycles. The number of benzene rings is 2. The summed E-state index contributed by atoms with van der Waals surface area (Å²) in [6, 6.07) is 14.2. The zero-order valence-electron chi connectivity index (χ0n) is 14.5. The van der Waals surface area contributed by atoms with Gasteiger partial charge in [0.2, 0.25) is 0 Å². The molecule has 0 bridgehead atoms. The van der Waals surface area contributed by atoms with Gasteiger partial charge in [-0.05, 0) is 56.2 Å². The Morgan fingerprint density at radius 2 is 1.80 bits per heavy atom. The van der Waals surface area contributed by atoms with E-state index < -0.39 is 0 Å². The van der Waals surface area contributed by atoms with Gasteiger partial charge in [-0.15, -0.1) is 0 Å². The maximum absolute atomic E-state index is 12.2. The summed E-state index contributed by atoms with van der Waals surface area (Å²) in [6.45, 7) is 4.28. The van der Waals surface area contributed by atoms with Crippen LogP contribution < -0.4 is 21.7 Å². The van der Waals surface area contributed by atoms with Gasteiger partial charge >= 0.3 is 6.03 Å². The summed E-state index contributed by atoms with van der Waals surface area (Å²) >= 11 is 0. The summed E-state index contributed by atoms with van der Waals surface area (Å²) < 4.78 is 0. The number of hydrogen-bond acceptors (Lipinski definition) is 3. The first kappa shape index (κ1) is 18.3. The Morgan fingerprint density at radius 1 is 1.08 bits per heavy atom. The molecule has 0 aliphatic heterocycles. The molecule has 0 saturated heterocycles. The number of hydrogen-bond donors (Lipinski definition) is 4. The van der Waals surface area contributed by atoms with Crippen molar-refractivity contribution in [2.75, 3.05) is 17.6 Å².